The molecule has 182 valence electrons. The Morgan fingerprint density at radius 2 is 2.12 bits per heavy atom. The summed E-state index contributed by atoms with van der Waals surface area (Å²) in [5, 5.41) is 6.59. The van der Waals surface area contributed by atoms with Gasteiger partial charge in [0.15, 0.2) is 17.9 Å². The third-order valence-electron chi connectivity index (χ3n) is 5.96. The Balaban J connectivity index is 1.57. The summed E-state index contributed by atoms with van der Waals surface area (Å²) in [5.74, 6) is 0.507. The number of nitrogens with two attached hydrogens (primary N) is 2. The number of likely N-dealkylation sites (tertiary alicyclic amines) is 1. The first kappa shape index (κ1) is 23.6. The van der Waals surface area contributed by atoms with E-state index in [1.54, 1.807) is 24.4 Å². The molecule has 34 heavy (non-hydrogen) atoms. The van der Waals surface area contributed by atoms with Gasteiger partial charge in [-0.05, 0) is 44.1 Å². The second-order valence-electron chi connectivity index (χ2n) is 8.13. The summed E-state index contributed by atoms with van der Waals surface area (Å²) in [4.78, 5) is 21.6. The fourth-order valence-electron chi connectivity index (χ4n) is 4.28. The van der Waals surface area contributed by atoms with E-state index >= 15 is 0 Å². The number of nitrogen functional groups attached to an aromatic ring is 1. The number of anilines is 2. The van der Waals surface area contributed by atoms with Crippen LogP contribution in [0.2, 0.25) is 0 Å². The van der Waals surface area contributed by atoms with Gasteiger partial charge in [-0.3, -0.25) is 10.2 Å². The molecule has 1 saturated heterocycles. The zero-order valence-corrected chi connectivity index (χ0v) is 19.4. The lowest BCUT2D eigenvalue weighted by Crippen LogP contribution is -2.56. The third-order valence-corrected chi connectivity index (χ3v) is 5.96. The SMILES string of the molecule is CCN1CCCC1CN1C(Nc2ccc(OC)c(F)c2)=NC(N)=NC1NCc1ccnc(N)n1. The number of nitrogens with one attached hydrogen (secondary N) is 2. The molecule has 2 aliphatic heterocycles. The fraction of sp³-hybridized carbons (Fsp3) is 0.455. The summed E-state index contributed by atoms with van der Waals surface area (Å²) in [6.07, 6.45) is 3.32. The van der Waals surface area contributed by atoms with Gasteiger partial charge in [0.2, 0.25) is 17.9 Å². The number of halogens is 1. The molecule has 0 amide bonds. The molecule has 12 heteroatoms. The highest BCUT2D eigenvalue weighted by Gasteiger charge is 2.32. The monoisotopic (exact) mass is 470 g/mol. The van der Waals surface area contributed by atoms with Crippen molar-refractivity contribution in [3.63, 3.8) is 0 Å². The van der Waals surface area contributed by atoms with Crippen LogP contribution in [-0.2, 0) is 6.54 Å². The summed E-state index contributed by atoms with van der Waals surface area (Å²) in [6.45, 7) is 5.25. The van der Waals surface area contributed by atoms with E-state index in [1.165, 1.54) is 13.2 Å². The molecule has 2 aromatic rings. The third kappa shape index (κ3) is 5.51. The van der Waals surface area contributed by atoms with Crippen LogP contribution in [0.25, 0.3) is 0 Å². The molecular weight excluding hydrogens is 439 g/mol. The van der Waals surface area contributed by atoms with Gasteiger partial charge in [-0.1, -0.05) is 6.92 Å². The molecule has 11 nitrogen and oxygen atoms in total. The lowest BCUT2D eigenvalue weighted by atomic mass is 10.2. The first-order valence-corrected chi connectivity index (χ1v) is 11.3. The quantitative estimate of drug-likeness (QED) is 0.447. The smallest absolute Gasteiger partial charge is 0.221 e. The zero-order valence-electron chi connectivity index (χ0n) is 19.4. The van der Waals surface area contributed by atoms with Gasteiger partial charge in [-0.25, -0.2) is 19.4 Å². The van der Waals surface area contributed by atoms with Crippen LogP contribution in [0.15, 0.2) is 40.4 Å². The Morgan fingerprint density at radius 3 is 2.85 bits per heavy atom. The van der Waals surface area contributed by atoms with E-state index in [-0.39, 0.29) is 17.7 Å². The number of ether oxygens (including phenoxy) is 1. The van der Waals surface area contributed by atoms with Crippen molar-refractivity contribution >= 4 is 23.6 Å². The highest BCUT2D eigenvalue weighted by Crippen LogP contribution is 2.23. The van der Waals surface area contributed by atoms with Crippen molar-refractivity contribution in [3.05, 3.63) is 42.0 Å². The van der Waals surface area contributed by atoms with Gasteiger partial charge < -0.3 is 26.4 Å². The average Bonchev–Trinajstić information content (AvgIpc) is 3.27. The topological polar surface area (TPSA) is 142 Å². The predicted octanol–water partition coefficient (Wildman–Crippen LogP) is 1.16. The maximum atomic E-state index is 14.3. The average molecular weight is 471 g/mol. The standard InChI is InChI=1S/C22H31FN10O/c1-3-32-10-4-5-16(32)13-33-21(27-12-15-8-9-26-19(24)28-15)30-20(25)31-22(33)29-14-6-7-18(34-2)17(23)11-14/h6-9,11,16,21,27H,3-5,10,12-13H2,1-2H3,(H2,24,26,28)(H3,25,29,30,31). The van der Waals surface area contributed by atoms with E-state index in [1.807, 2.05) is 4.90 Å². The highest BCUT2D eigenvalue weighted by molar-refractivity contribution is 6.03. The van der Waals surface area contributed by atoms with Crippen molar-refractivity contribution < 1.29 is 9.13 Å². The zero-order chi connectivity index (χ0) is 24.1. The molecule has 1 aromatic carbocycles. The molecule has 0 saturated carbocycles. The lowest BCUT2D eigenvalue weighted by molar-refractivity contribution is 0.181. The van der Waals surface area contributed by atoms with Gasteiger partial charge in [0.25, 0.3) is 0 Å². The van der Waals surface area contributed by atoms with Gasteiger partial charge in [0.1, 0.15) is 0 Å². The lowest BCUT2D eigenvalue weighted by Gasteiger charge is -2.38. The molecule has 1 aromatic heterocycles. The van der Waals surface area contributed by atoms with Gasteiger partial charge >= 0.3 is 0 Å². The van der Waals surface area contributed by atoms with Crippen LogP contribution >= 0.6 is 0 Å². The van der Waals surface area contributed by atoms with Crippen LogP contribution < -0.4 is 26.8 Å². The van der Waals surface area contributed by atoms with Crippen LogP contribution in [0.1, 0.15) is 25.5 Å². The first-order valence-electron chi connectivity index (χ1n) is 11.3. The summed E-state index contributed by atoms with van der Waals surface area (Å²) in [7, 11) is 1.43. The van der Waals surface area contributed by atoms with Crippen molar-refractivity contribution in [2.75, 3.05) is 37.8 Å². The number of rotatable bonds is 8. The van der Waals surface area contributed by atoms with Crippen LogP contribution in [0.3, 0.4) is 0 Å². The second-order valence-corrected chi connectivity index (χ2v) is 8.13. The van der Waals surface area contributed by atoms with Gasteiger partial charge in [-0.15, -0.1) is 0 Å². The normalized spacial score (nSPS) is 20.7. The van der Waals surface area contributed by atoms with Crippen molar-refractivity contribution in [2.24, 2.45) is 15.7 Å². The molecule has 6 N–H and O–H groups in total. The van der Waals surface area contributed by atoms with Crippen molar-refractivity contribution in [1.29, 1.82) is 0 Å². The maximum absolute atomic E-state index is 14.3. The highest BCUT2D eigenvalue weighted by atomic mass is 19.1. The Morgan fingerprint density at radius 1 is 1.26 bits per heavy atom. The Labute approximate surface area is 198 Å². The first-order chi connectivity index (χ1) is 16.5. The number of hydrogen-bond acceptors (Lipinski definition) is 11. The minimum atomic E-state index is -0.501. The number of methoxy groups -OCH3 is 1. The minimum Gasteiger partial charge on any atom is -0.494 e. The predicted molar refractivity (Wildman–Crippen MR) is 130 cm³/mol. The second kappa shape index (κ2) is 10.6. The number of aliphatic imine (C=N–C) groups is 2. The number of likely N-dealkylation sites (N-methyl/N-ethyl adjacent to an activating group) is 1. The number of nitrogens with zero attached hydrogens (tertiary/aromatic N) is 6. The molecule has 1 fully saturated rings. The number of benzene rings is 1. The molecule has 0 radical (unpaired) electrons. The van der Waals surface area contributed by atoms with Crippen molar-refractivity contribution in [1.82, 2.24) is 25.1 Å². The molecular formula is C22H31FN10O. The Hall–Kier alpha value is -3.51. The molecule has 3 heterocycles. The molecule has 0 aliphatic carbocycles. The maximum Gasteiger partial charge on any atom is 0.221 e. The molecule has 2 atom stereocenters. The molecule has 2 unspecified atom stereocenters. The molecule has 4 rings (SSSR count). The van der Waals surface area contributed by atoms with Gasteiger partial charge in [0, 0.05) is 37.1 Å². The van der Waals surface area contributed by atoms with E-state index in [9.17, 15) is 4.39 Å². The fourth-order valence-corrected chi connectivity index (χ4v) is 4.28. The van der Waals surface area contributed by atoms with Gasteiger partial charge in [0.05, 0.1) is 12.8 Å². The van der Waals surface area contributed by atoms with Crippen molar-refractivity contribution in [2.45, 2.75) is 38.6 Å². The van der Waals surface area contributed by atoms with Crippen LogP contribution in [0, 0.1) is 5.82 Å². The van der Waals surface area contributed by atoms with E-state index < -0.39 is 12.1 Å². The van der Waals surface area contributed by atoms with E-state index in [0.29, 0.717) is 30.8 Å². The Kier molecular flexibility index (Phi) is 7.38. The minimum absolute atomic E-state index is 0.117. The number of hydrogen-bond donors (Lipinski definition) is 4. The van der Waals surface area contributed by atoms with Crippen LogP contribution in [-0.4, -0.2) is 70.8 Å². The Bertz CT molecular complexity index is 1060. The van der Waals surface area contributed by atoms with E-state index in [4.69, 9.17) is 16.2 Å². The summed E-state index contributed by atoms with van der Waals surface area (Å²) < 4.78 is 19.3. The number of guanidine groups is 2. The van der Waals surface area contributed by atoms with Gasteiger partial charge in [-0.2, -0.15) is 4.99 Å². The molecule has 0 bridgehead atoms. The van der Waals surface area contributed by atoms with Crippen LogP contribution in [0.4, 0.5) is 16.0 Å². The number of aromatic nitrogens is 2. The van der Waals surface area contributed by atoms with E-state index in [2.05, 4.69) is 42.4 Å². The summed E-state index contributed by atoms with van der Waals surface area (Å²) >= 11 is 0. The summed E-state index contributed by atoms with van der Waals surface area (Å²) in [5.41, 5.74) is 13.0. The van der Waals surface area contributed by atoms with E-state index in [0.717, 1.165) is 31.6 Å². The summed E-state index contributed by atoms with van der Waals surface area (Å²) in [6, 6.07) is 6.77. The van der Waals surface area contributed by atoms with Crippen LogP contribution in [0.5, 0.6) is 5.75 Å². The molecule has 0 spiro atoms. The molecule has 2 aliphatic rings. The van der Waals surface area contributed by atoms with Crippen molar-refractivity contribution in [3.8, 4) is 5.75 Å². The largest absolute Gasteiger partial charge is 0.494 e.